The van der Waals surface area contributed by atoms with Crippen LogP contribution in [0.5, 0.6) is 5.75 Å². The third kappa shape index (κ3) is 5.08. The van der Waals surface area contributed by atoms with Crippen LogP contribution >= 0.6 is 31.9 Å². The van der Waals surface area contributed by atoms with Gasteiger partial charge >= 0.3 is 0 Å². The van der Waals surface area contributed by atoms with Gasteiger partial charge in [0, 0.05) is 22.3 Å². The molecule has 0 saturated heterocycles. The minimum absolute atomic E-state index is 0.262. The highest BCUT2D eigenvalue weighted by Gasteiger charge is 2.11. The Hall–Kier alpha value is -1.85. The van der Waals surface area contributed by atoms with Crippen LogP contribution in [-0.2, 0) is 13.2 Å². The van der Waals surface area contributed by atoms with Crippen molar-refractivity contribution >= 4 is 37.5 Å². The Morgan fingerprint density at radius 1 is 1.00 bits per heavy atom. The van der Waals surface area contributed by atoms with E-state index in [2.05, 4.69) is 56.2 Å². The first-order chi connectivity index (χ1) is 12.5. The molecule has 3 rings (SSSR count). The molecular formula is C21H18Br2FNO. The van der Waals surface area contributed by atoms with Crippen LogP contribution in [0.3, 0.4) is 0 Å². The standard InChI is InChI=1S/C21H18Br2FNO/c1-14-4-2-7-19(8-14)25-12-16-10-17(22)11-20(23)21(16)26-13-15-5-3-6-18(24)9-15/h2-11,25H,12-13H2,1H3. The molecule has 0 aromatic heterocycles. The summed E-state index contributed by atoms with van der Waals surface area (Å²) in [5.74, 6) is 0.486. The minimum atomic E-state index is -0.262. The van der Waals surface area contributed by atoms with Gasteiger partial charge in [-0.3, -0.25) is 0 Å². The Labute approximate surface area is 169 Å². The first-order valence-corrected chi connectivity index (χ1v) is 9.75. The minimum Gasteiger partial charge on any atom is -0.487 e. The summed E-state index contributed by atoms with van der Waals surface area (Å²) in [6.45, 7) is 2.98. The number of rotatable bonds is 6. The summed E-state index contributed by atoms with van der Waals surface area (Å²) in [4.78, 5) is 0. The lowest BCUT2D eigenvalue weighted by atomic mass is 10.1. The maximum Gasteiger partial charge on any atom is 0.139 e. The van der Waals surface area contributed by atoms with Gasteiger partial charge in [-0.25, -0.2) is 4.39 Å². The van der Waals surface area contributed by atoms with E-state index in [1.165, 1.54) is 17.7 Å². The van der Waals surface area contributed by atoms with Gasteiger partial charge in [-0.15, -0.1) is 0 Å². The first-order valence-electron chi connectivity index (χ1n) is 8.17. The second-order valence-electron chi connectivity index (χ2n) is 6.02. The predicted molar refractivity (Wildman–Crippen MR) is 111 cm³/mol. The Morgan fingerprint density at radius 2 is 1.81 bits per heavy atom. The van der Waals surface area contributed by atoms with Crippen LogP contribution in [0.25, 0.3) is 0 Å². The van der Waals surface area contributed by atoms with Gasteiger partial charge in [0.25, 0.3) is 0 Å². The van der Waals surface area contributed by atoms with Gasteiger partial charge in [0.1, 0.15) is 18.2 Å². The monoisotopic (exact) mass is 477 g/mol. The van der Waals surface area contributed by atoms with Crippen LogP contribution in [0.15, 0.2) is 69.6 Å². The number of ether oxygens (including phenoxy) is 1. The Kier molecular flexibility index (Phi) is 6.33. The van der Waals surface area contributed by atoms with E-state index >= 15 is 0 Å². The predicted octanol–water partition coefficient (Wildman–Crippen LogP) is 6.85. The van der Waals surface area contributed by atoms with Crippen LogP contribution in [0, 0.1) is 12.7 Å². The summed E-state index contributed by atoms with van der Waals surface area (Å²) < 4.78 is 21.2. The Morgan fingerprint density at radius 3 is 2.58 bits per heavy atom. The molecular weight excluding hydrogens is 461 g/mol. The highest BCUT2D eigenvalue weighted by atomic mass is 79.9. The number of nitrogens with one attached hydrogen (secondary N) is 1. The summed E-state index contributed by atoms with van der Waals surface area (Å²) in [6, 6.07) is 18.6. The largest absolute Gasteiger partial charge is 0.487 e. The normalized spacial score (nSPS) is 10.6. The number of aryl methyl sites for hydroxylation is 1. The molecule has 3 aromatic carbocycles. The molecule has 0 atom stereocenters. The van der Waals surface area contributed by atoms with Gasteiger partial charge in [0.2, 0.25) is 0 Å². The molecule has 2 nitrogen and oxygen atoms in total. The van der Waals surface area contributed by atoms with Crippen LogP contribution in [0.1, 0.15) is 16.7 Å². The molecule has 0 heterocycles. The summed E-state index contributed by atoms with van der Waals surface area (Å²) in [6.07, 6.45) is 0. The lowest BCUT2D eigenvalue weighted by molar-refractivity contribution is 0.300. The van der Waals surface area contributed by atoms with Crippen molar-refractivity contribution in [1.29, 1.82) is 0 Å². The molecule has 0 amide bonds. The van der Waals surface area contributed by atoms with Crippen LogP contribution in [-0.4, -0.2) is 0 Å². The van der Waals surface area contributed by atoms with Gasteiger partial charge in [0.15, 0.2) is 0 Å². The molecule has 0 aliphatic heterocycles. The fourth-order valence-electron chi connectivity index (χ4n) is 2.64. The van der Waals surface area contributed by atoms with Crippen molar-refractivity contribution in [3.63, 3.8) is 0 Å². The lowest BCUT2D eigenvalue weighted by Gasteiger charge is -2.16. The topological polar surface area (TPSA) is 21.3 Å². The van der Waals surface area contributed by atoms with E-state index in [1.54, 1.807) is 6.07 Å². The van der Waals surface area contributed by atoms with E-state index in [4.69, 9.17) is 4.74 Å². The zero-order valence-corrected chi connectivity index (χ0v) is 17.4. The summed E-state index contributed by atoms with van der Waals surface area (Å²) in [5, 5.41) is 3.42. The summed E-state index contributed by atoms with van der Waals surface area (Å²) in [7, 11) is 0. The SMILES string of the molecule is Cc1cccc(NCc2cc(Br)cc(Br)c2OCc2cccc(F)c2)c1. The molecule has 5 heteroatoms. The third-order valence-electron chi connectivity index (χ3n) is 3.86. The highest BCUT2D eigenvalue weighted by molar-refractivity contribution is 9.11. The van der Waals surface area contributed by atoms with Gasteiger partial charge in [0.05, 0.1) is 4.47 Å². The second kappa shape index (κ2) is 8.69. The van der Waals surface area contributed by atoms with Crippen molar-refractivity contribution in [3.05, 3.63) is 92.1 Å². The molecule has 0 fully saturated rings. The highest BCUT2D eigenvalue weighted by Crippen LogP contribution is 2.34. The Balaban J connectivity index is 1.78. The fourth-order valence-corrected chi connectivity index (χ4v) is 4.07. The molecule has 0 aliphatic rings. The third-order valence-corrected chi connectivity index (χ3v) is 4.91. The average molecular weight is 479 g/mol. The van der Waals surface area contributed by atoms with E-state index < -0.39 is 0 Å². The number of anilines is 1. The smallest absolute Gasteiger partial charge is 0.139 e. The molecule has 0 spiro atoms. The number of hydrogen-bond donors (Lipinski definition) is 1. The average Bonchev–Trinajstić information content (AvgIpc) is 2.59. The van der Waals surface area contributed by atoms with Crippen LogP contribution in [0.4, 0.5) is 10.1 Å². The number of benzene rings is 3. The quantitative estimate of drug-likeness (QED) is 0.418. The molecule has 0 saturated carbocycles. The van der Waals surface area contributed by atoms with Gasteiger partial charge in [-0.1, -0.05) is 40.2 Å². The maximum atomic E-state index is 13.4. The molecule has 0 radical (unpaired) electrons. The van der Waals surface area contributed by atoms with Crippen LogP contribution in [0.2, 0.25) is 0 Å². The fraction of sp³-hybridized carbons (Fsp3) is 0.143. The summed E-state index contributed by atoms with van der Waals surface area (Å²) in [5.41, 5.74) is 4.05. The number of hydrogen-bond acceptors (Lipinski definition) is 2. The molecule has 134 valence electrons. The second-order valence-corrected chi connectivity index (χ2v) is 7.79. The van der Waals surface area contributed by atoms with E-state index in [0.29, 0.717) is 13.2 Å². The zero-order valence-electron chi connectivity index (χ0n) is 14.2. The lowest BCUT2D eigenvalue weighted by Crippen LogP contribution is -2.05. The van der Waals surface area contributed by atoms with Crippen molar-refractivity contribution < 1.29 is 9.13 Å². The van der Waals surface area contributed by atoms with Crippen LogP contribution < -0.4 is 10.1 Å². The maximum absolute atomic E-state index is 13.4. The molecule has 0 aliphatic carbocycles. The molecule has 3 aromatic rings. The number of halogens is 3. The van der Waals surface area contributed by atoms with E-state index in [1.807, 2.05) is 30.3 Å². The van der Waals surface area contributed by atoms with Gasteiger partial charge in [-0.2, -0.15) is 0 Å². The molecule has 0 unspecified atom stereocenters. The van der Waals surface area contributed by atoms with Crippen molar-refractivity contribution in [2.75, 3.05) is 5.32 Å². The summed E-state index contributed by atoms with van der Waals surface area (Å²) >= 11 is 7.09. The van der Waals surface area contributed by atoms with E-state index in [0.717, 1.165) is 31.5 Å². The van der Waals surface area contributed by atoms with Gasteiger partial charge in [-0.05, 0) is 70.4 Å². The molecule has 1 N–H and O–H groups in total. The van der Waals surface area contributed by atoms with E-state index in [-0.39, 0.29) is 5.82 Å². The van der Waals surface area contributed by atoms with E-state index in [9.17, 15) is 4.39 Å². The Bertz CT molecular complexity index is 914. The molecule has 26 heavy (non-hydrogen) atoms. The van der Waals surface area contributed by atoms with Crippen molar-refractivity contribution in [2.45, 2.75) is 20.1 Å². The van der Waals surface area contributed by atoms with Crippen molar-refractivity contribution in [1.82, 2.24) is 0 Å². The van der Waals surface area contributed by atoms with Crippen molar-refractivity contribution in [3.8, 4) is 5.75 Å². The first kappa shape index (κ1) is 18.9. The van der Waals surface area contributed by atoms with Crippen molar-refractivity contribution in [2.24, 2.45) is 0 Å². The molecule has 0 bridgehead atoms. The zero-order chi connectivity index (χ0) is 18.5. The van der Waals surface area contributed by atoms with Gasteiger partial charge < -0.3 is 10.1 Å².